The van der Waals surface area contributed by atoms with Gasteiger partial charge in [-0.15, -0.1) is 11.6 Å². The predicted molar refractivity (Wildman–Crippen MR) is 86.5 cm³/mol. The van der Waals surface area contributed by atoms with Crippen LogP contribution in [0, 0.1) is 0 Å². The molecule has 0 radical (unpaired) electrons. The van der Waals surface area contributed by atoms with Gasteiger partial charge in [0.05, 0.1) is 13.2 Å². The second kappa shape index (κ2) is 7.33. The van der Waals surface area contributed by atoms with E-state index in [0.29, 0.717) is 17.6 Å². The van der Waals surface area contributed by atoms with Crippen LogP contribution in [0.1, 0.15) is 5.56 Å². The van der Waals surface area contributed by atoms with E-state index in [0.717, 1.165) is 15.8 Å². The van der Waals surface area contributed by atoms with Crippen molar-refractivity contribution in [1.29, 1.82) is 0 Å². The fraction of sp³-hybridized carbons (Fsp3) is 0.385. The maximum Gasteiger partial charge on any atom is 0.435 e. The van der Waals surface area contributed by atoms with Crippen molar-refractivity contribution in [3.63, 3.8) is 0 Å². The summed E-state index contributed by atoms with van der Waals surface area (Å²) < 4.78 is 5.62. The number of benzene rings is 1. The van der Waals surface area contributed by atoms with E-state index in [9.17, 15) is 4.79 Å². The third-order valence-electron chi connectivity index (χ3n) is 2.93. The Kier molecular flexibility index (Phi) is 5.74. The molecule has 1 aliphatic heterocycles. The van der Waals surface area contributed by atoms with Crippen molar-refractivity contribution in [2.45, 2.75) is 12.6 Å². The van der Waals surface area contributed by atoms with Crippen LogP contribution in [-0.2, 0) is 11.3 Å². The van der Waals surface area contributed by atoms with Gasteiger partial charge in [0.1, 0.15) is 0 Å². The molecule has 0 aliphatic carbocycles. The number of amides is 1. The molecule has 2 rings (SSSR count). The summed E-state index contributed by atoms with van der Waals surface area (Å²) in [7, 11) is 1.32. The molecule has 0 spiro atoms. The molecule has 1 saturated heterocycles. The van der Waals surface area contributed by atoms with Gasteiger partial charge in [0.15, 0.2) is 5.17 Å². The molecule has 0 bridgehead atoms. The second-order valence-corrected chi connectivity index (χ2v) is 6.35. The van der Waals surface area contributed by atoms with Gasteiger partial charge in [0.25, 0.3) is 0 Å². The van der Waals surface area contributed by atoms with Crippen molar-refractivity contribution in [2.24, 2.45) is 4.99 Å². The molecule has 0 saturated carbocycles. The number of hydrogen-bond acceptors (Lipinski definition) is 3. The van der Waals surface area contributed by atoms with E-state index < -0.39 is 6.09 Å². The molecule has 1 aliphatic rings. The smallest absolute Gasteiger partial charge is 0.435 e. The Bertz CT molecular complexity index is 527. The van der Waals surface area contributed by atoms with Gasteiger partial charge in [-0.2, -0.15) is 4.99 Å². The minimum absolute atomic E-state index is 0.164. The molecule has 108 valence electrons. The van der Waals surface area contributed by atoms with Crippen molar-refractivity contribution in [3.8, 4) is 0 Å². The lowest BCUT2D eigenvalue weighted by Gasteiger charge is -2.24. The van der Waals surface area contributed by atoms with E-state index in [-0.39, 0.29) is 6.04 Å². The monoisotopic (exact) mass is 376 g/mol. The molecule has 20 heavy (non-hydrogen) atoms. The third-order valence-corrected chi connectivity index (χ3v) is 5.19. The fourth-order valence-electron chi connectivity index (χ4n) is 1.85. The van der Waals surface area contributed by atoms with Gasteiger partial charge in [-0.1, -0.05) is 45.9 Å². The van der Waals surface area contributed by atoms with Crippen LogP contribution in [0.3, 0.4) is 0 Å². The first-order valence-electron chi connectivity index (χ1n) is 6.01. The van der Waals surface area contributed by atoms with E-state index in [4.69, 9.17) is 11.6 Å². The van der Waals surface area contributed by atoms with Gasteiger partial charge >= 0.3 is 6.09 Å². The van der Waals surface area contributed by atoms with Crippen LogP contribution in [0.5, 0.6) is 0 Å². The van der Waals surface area contributed by atoms with Gasteiger partial charge in [-0.3, -0.25) is 0 Å². The van der Waals surface area contributed by atoms with Crippen molar-refractivity contribution < 1.29 is 9.53 Å². The van der Waals surface area contributed by atoms with Gasteiger partial charge in [0, 0.05) is 22.7 Å². The molecule has 1 heterocycles. The molecule has 1 amide bonds. The molecule has 0 aromatic heterocycles. The van der Waals surface area contributed by atoms with Crippen molar-refractivity contribution >= 4 is 50.6 Å². The maximum absolute atomic E-state index is 11.3. The molecule has 4 nitrogen and oxygen atoms in total. The van der Waals surface area contributed by atoms with Crippen LogP contribution in [0.25, 0.3) is 0 Å². The first-order valence-corrected chi connectivity index (χ1v) is 8.32. The summed E-state index contributed by atoms with van der Waals surface area (Å²) in [6.45, 7) is 0.654. The molecule has 1 aromatic rings. The molecule has 0 N–H and O–H groups in total. The Morgan fingerprint density at radius 3 is 3.00 bits per heavy atom. The Hall–Kier alpha value is -0.720. The van der Waals surface area contributed by atoms with Crippen LogP contribution < -0.4 is 0 Å². The number of carbonyl (C=O) groups is 1. The number of halogens is 2. The Balaban J connectivity index is 2.22. The largest absolute Gasteiger partial charge is 0.451 e. The van der Waals surface area contributed by atoms with Gasteiger partial charge in [-0.25, -0.2) is 4.79 Å². The normalized spacial score (nSPS) is 20.4. The summed E-state index contributed by atoms with van der Waals surface area (Å²) in [5, 5.41) is 0.665. The van der Waals surface area contributed by atoms with E-state index in [1.807, 2.05) is 24.3 Å². The molecule has 1 aromatic carbocycles. The average Bonchev–Trinajstić information content (AvgIpc) is 2.83. The Labute approximate surface area is 135 Å². The predicted octanol–water partition coefficient (Wildman–Crippen LogP) is 3.73. The Morgan fingerprint density at radius 1 is 1.60 bits per heavy atom. The van der Waals surface area contributed by atoms with Gasteiger partial charge in [-0.05, 0) is 11.6 Å². The highest BCUT2D eigenvalue weighted by Crippen LogP contribution is 2.29. The quantitative estimate of drug-likeness (QED) is 0.753. The van der Waals surface area contributed by atoms with Crippen molar-refractivity contribution in [1.82, 2.24) is 4.90 Å². The van der Waals surface area contributed by atoms with Gasteiger partial charge < -0.3 is 9.64 Å². The molecule has 7 heteroatoms. The third kappa shape index (κ3) is 3.68. The van der Waals surface area contributed by atoms with Crippen molar-refractivity contribution in [2.75, 3.05) is 18.7 Å². The topological polar surface area (TPSA) is 41.9 Å². The standard InChI is InChI=1S/C13H14BrClN2O2S/c1-19-13(18)16-12-17(10(6-15)8-20-12)7-9-4-2-3-5-11(9)14/h2-5,10H,6-8H2,1H3/b16-12-. The van der Waals surface area contributed by atoms with Crippen LogP contribution in [0.2, 0.25) is 0 Å². The number of methoxy groups -OCH3 is 1. The average molecular weight is 378 g/mol. The number of aliphatic imine (C=N–C) groups is 1. The van der Waals surface area contributed by atoms with Gasteiger partial charge in [0.2, 0.25) is 0 Å². The highest BCUT2D eigenvalue weighted by Gasteiger charge is 2.30. The lowest BCUT2D eigenvalue weighted by atomic mass is 10.2. The van der Waals surface area contributed by atoms with E-state index in [2.05, 4.69) is 30.6 Å². The molecular weight excluding hydrogens is 364 g/mol. The lowest BCUT2D eigenvalue weighted by Crippen LogP contribution is -2.35. The number of carbonyl (C=O) groups excluding carboxylic acids is 1. The van der Waals surface area contributed by atoms with E-state index in [1.54, 1.807) is 0 Å². The van der Waals surface area contributed by atoms with Crippen molar-refractivity contribution in [3.05, 3.63) is 34.3 Å². The molecule has 1 atom stereocenters. The lowest BCUT2D eigenvalue weighted by molar-refractivity contribution is 0.182. The van der Waals surface area contributed by atoms with Crippen LogP contribution >= 0.6 is 39.3 Å². The molecular formula is C13H14BrClN2O2S. The number of thioether (sulfide) groups is 1. The van der Waals surface area contributed by atoms with E-state index in [1.165, 1.54) is 18.9 Å². The number of hydrogen-bond donors (Lipinski definition) is 0. The molecule has 1 unspecified atom stereocenters. The SMILES string of the molecule is COC(=O)/N=C1\SCC(CCl)N1Cc1ccccc1Br. The second-order valence-electron chi connectivity index (χ2n) is 4.20. The summed E-state index contributed by atoms with van der Waals surface area (Å²) in [5.74, 6) is 1.32. The van der Waals surface area contributed by atoms with E-state index >= 15 is 0 Å². The van der Waals surface area contributed by atoms with Crippen LogP contribution in [0.15, 0.2) is 33.7 Å². The summed E-state index contributed by atoms with van der Waals surface area (Å²) in [6.07, 6.45) is -0.583. The zero-order valence-corrected chi connectivity index (χ0v) is 14.0. The minimum atomic E-state index is -0.583. The summed E-state index contributed by atoms with van der Waals surface area (Å²) in [6, 6.07) is 8.14. The summed E-state index contributed by atoms with van der Waals surface area (Å²) in [5.41, 5.74) is 1.13. The number of ether oxygens (including phenoxy) is 1. The number of amidine groups is 1. The fourth-order valence-corrected chi connectivity index (χ4v) is 3.83. The minimum Gasteiger partial charge on any atom is -0.451 e. The first kappa shape index (κ1) is 15.7. The first-order chi connectivity index (χ1) is 9.65. The maximum atomic E-state index is 11.3. The van der Waals surface area contributed by atoms with Crippen LogP contribution in [-0.4, -0.2) is 40.9 Å². The molecule has 1 fully saturated rings. The number of nitrogens with zero attached hydrogens (tertiary/aromatic N) is 2. The zero-order valence-electron chi connectivity index (χ0n) is 10.9. The zero-order chi connectivity index (χ0) is 14.5. The van der Waals surface area contributed by atoms with Crippen LogP contribution in [0.4, 0.5) is 4.79 Å². The summed E-state index contributed by atoms with van der Waals surface area (Å²) in [4.78, 5) is 17.4. The number of rotatable bonds is 3. The highest BCUT2D eigenvalue weighted by atomic mass is 79.9. The number of alkyl halides is 1. The highest BCUT2D eigenvalue weighted by molar-refractivity contribution is 9.10. The Morgan fingerprint density at radius 2 is 2.35 bits per heavy atom. The summed E-state index contributed by atoms with van der Waals surface area (Å²) >= 11 is 11.1.